The predicted octanol–water partition coefficient (Wildman–Crippen LogP) is 4.33. The van der Waals surface area contributed by atoms with Gasteiger partial charge in [-0.25, -0.2) is 0 Å². The number of thioether (sulfide) groups is 1. The Morgan fingerprint density at radius 2 is 1.77 bits per heavy atom. The highest BCUT2D eigenvalue weighted by Crippen LogP contribution is 2.29. The molecule has 0 bridgehead atoms. The molecule has 0 radical (unpaired) electrons. The van der Waals surface area contributed by atoms with Crippen LogP contribution in [0.1, 0.15) is 6.92 Å². The van der Waals surface area contributed by atoms with Gasteiger partial charge in [-0.1, -0.05) is 24.3 Å². The maximum Gasteiger partial charge on any atom is 0.173 e. The van der Waals surface area contributed by atoms with Crippen molar-refractivity contribution in [2.24, 2.45) is 0 Å². The SMILES string of the molecule is CCOc1ccccc1NC(=S)N1CCN(c2ccccc2SC)CC1. The van der Waals surface area contributed by atoms with E-state index in [0.29, 0.717) is 6.61 Å². The third-order valence-corrected chi connectivity index (χ3v) is 5.57. The van der Waals surface area contributed by atoms with Gasteiger partial charge in [-0.05, 0) is 49.7 Å². The zero-order valence-electron chi connectivity index (χ0n) is 15.3. The molecule has 138 valence electrons. The smallest absolute Gasteiger partial charge is 0.173 e. The van der Waals surface area contributed by atoms with Gasteiger partial charge in [-0.3, -0.25) is 0 Å². The minimum absolute atomic E-state index is 0.638. The van der Waals surface area contributed by atoms with Gasteiger partial charge < -0.3 is 19.9 Å². The summed E-state index contributed by atoms with van der Waals surface area (Å²) in [5, 5.41) is 4.11. The van der Waals surface area contributed by atoms with Gasteiger partial charge in [-0.2, -0.15) is 0 Å². The third kappa shape index (κ3) is 4.43. The summed E-state index contributed by atoms with van der Waals surface area (Å²) in [5.74, 6) is 0.838. The fourth-order valence-corrected chi connectivity index (χ4v) is 4.00. The average Bonchev–Trinajstić information content (AvgIpc) is 2.69. The molecule has 26 heavy (non-hydrogen) atoms. The Hall–Kier alpha value is -1.92. The zero-order chi connectivity index (χ0) is 18.4. The first kappa shape index (κ1) is 18.9. The van der Waals surface area contributed by atoms with Crippen molar-refractivity contribution in [3.05, 3.63) is 48.5 Å². The van der Waals surface area contributed by atoms with E-state index in [2.05, 4.69) is 45.6 Å². The van der Waals surface area contributed by atoms with Gasteiger partial charge in [0.25, 0.3) is 0 Å². The van der Waals surface area contributed by atoms with Crippen LogP contribution in [0.5, 0.6) is 5.75 Å². The van der Waals surface area contributed by atoms with Crippen molar-refractivity contribution in [3.8, 4) is 5.75 Å². The minimum Gasteiger partial charge on any atom is -0.492 e. The fraction of sp³-hybridized carbons (Fsp3) is 0.350. The van der Waals surface area contributed by atoms with E-state index in [1.54, 1.807) is 11.8 Å². The minimum atomic E-state index is 0.638. The molecule has 0 spiro atoms. The highest BCUT2D eigenvalue weighted by molar-refractivity contribution is 7.98. The summed E-state index contributed by atoms with van der Waals surface area (Å²) in [7, 11) is 0. The quantitative estimate of drug-likeness (QED) is 0.606. The molecule has 0 aromatic heterocycles. The second-order valence-electron chi connectivity index (χ2n) is 6.01. The Kier molecular flexibility index (Phi) is 6.63. The van der Waals surface area contributed by atoms with E-state index in [0.717, 1.165) is 42.7 Å². The lowest BCUT2D eigenvalue weighted by atomic mass is 10.2. The standard InChI is InChI=1S/C20H25N3OS2/c1-3-24-18-10-6-4-8-16(18)21-20(25)23-14-12-22(13-15-23)17-9-5-7-11-19(17)26-2/h4-11H,3,12-15H2,1-2H3,(H,21,25). The number of nitrogens with one attached hydrogen (secondary N) is 1. The van der Waals surface area contributed by atoms with Crippen LogP contribution in [0.2, 0.25) is 0 Å². The molecule has 0 unspecified atom stereocenters. The number of hydrogen-bond acceptors (Lipinski definition) is 4. The number of hydrogen-bond donors (Lipinski definition) is 1. The molecular weight excluding hydrogens is 362 g/mol. The molecule has 0 atom stereocenters. The van der Waals surface area contributed by atoms with E-state index in [1.807, 2.05) is 31.2 Å². The summed E-state index contributed by atoms with van der Waals surface area (Å²) < 4.78 is 5.67. The molecule has 0 amide bonds. The molecular formula is C20H25N3OS2. The third-order valence-electron chi connectivity index (χ3n) is 4.42. The van der Waals surface area contributed by atoms with Crippen LogP contribution in [-0.4, -0.2) is 49.1 Å². The lowest BCUT2D eigenvalue weighted by Crippen LogP contribution is -2.50. The Morgan fingerprint density at radius 3 is 2.50 bits per heavy atom. The number of nitrogens with zero attached hydrogens (tertiary/aromatic N) is 2. The second-order valence-corrected chi connectivity index (χ2v) is 7.24. The molecule has 1 heterocycles. The molecule has 1 fully saturated rings. The van der Waals surface area contributed by atoms with Crippen LogP contribution in [-0.2, 0) is 0 Å². The number of thiocarbonyl (C=S) groups is 1. The van der Waals surface area contributed by atoms with Crippen molar-refractivity contribution in [2.75, 3.05) is 49.3 Å². The van der Waals surface area contributed by atoms with Crippen LogP contribution < -0.4 is 15.0 Å². The van der Waals surface area contributed by atoms with E-state index in [-0.39, 0.29) is 0 Å². The van der Waals surface area contributed by atoms with Gasteiger partial charge in [0.05, 0.1) is 18.0 Å². The van der Waals surface area contributed by atoms with Gasteiger partial charge in [0.2, 0.25) is 0 Å². The molecule has 4 nitrogen and oxygen atoms in total. The van der Waals surface area contributed by atoms with E-state index in [1.165, 1.54) is 10.6 Å². The summed E-state index contributed by atoms with van der Waals surface area (Å²) in [6.45, 7) is 6.37. The summed E-state index contributed by atoms with van der Waals surface area (Å²) in [6, 6.07) is 16.5. The monoisotopic (exact) mass is 387 g/mol. The summed E-state index contributed by atoms with van der Waals surface area (Å²) in [6.07, 6.45) is 2.13. The van der Waals surface area contributed by atoms with E-state index in [4.69, 9.17) is 17.0 Å². The van der Waals surface area contributed by atoms with Crippen LogP contribution in [0, 0.1) is 0 Å². The first-order valence-corrected chi connectivity index (χ1v) is 10.5. The summed E-state index contributed by atoms with van der Waals surface area (Å²) in [5.41, 5.74) is 2.25. The number of para-hydroxylation sites is 3. The van der Waals surface area contributed by atoms with Crippen LogP contribution in [0.25, 0.3) is 0 Å². The maximum atomic E-state index is 5.67. The topological polar surface area (TPSA) is 27.7 Å². The van der Waals surface area contributed by atoms with Gasteiger partial charge >= 0.3 is 0 Å². The van der Waals surface area contributed by atoms with Crippen LogP contribution in [0.4, 0.5) is 11.4 Å². The largest absolute Gasteiger partial charge is 0.492 e. The van der Waals surface area contributed by atoms with Gasteiger partial charge in [0.15, 0.2) is 5.11 Å². The van der Waals surface area contributed by atoms with Gasteiger partial charge in [-0.15, -0.1) is 11.8 Å². The Morgan fingerprint density at radius 1 is 1.08 bits per heavy atom. The number of anilines is 2. The first-order chi connectivity index (χ1) is 12.7. The second kappa shape index (κ2) is 9.14. The summed E-state index contributed by atoms with van der Waals surface area (Å²) in [4.78, 5) is 6.00. The molecule has 1 aliphatic heterocycles. The predicted molar refractivity (Wildman–Crippen MR) is 116 cm³/mol. The molecule has 0 aliphatic carbocycles. The Bertz CT molecular complexity index is 745. The van der Waals surface area contributed by atoms with Crippen LogP contribution >= 0.6 is 24.0 Å². The maximum absolute atomic E-state index is 5.67. The van der Waals surface area contributed by atoms with E-state index in [9.17, 15) is 0 Å². The number of ether oxygens (including phenoxy) is 1. The number of rotatable bonds is 5. The first-order valence-electron chi connectivity index (χ1n) is 8.88. The van der Waals surface area contributed by atoms with E-state index >= 15 is 0 Å². The van der Waals surface area contributed by atoms with Crippen LogP contribution in [0.15, 0.2) is 53.4 Å². The number of benzene rings is 2. The highest BCUT2D eigenvalue weighted by atomic mass is 32.2. The Balaban J connectivity index is 1.60. The molecule has 1 saturated heterocycles. The van der Waals surface area contributed by atoms with Crippen molar-refractivity contribution >= 4 is 40.5 Å². The average molecular weight is 388 g/mol. The van der Waals surface area contributed by atoms with Crippen LogP contribution in [0.3, 0.4) is 0 Å². The lowest BCUT2D eigenvalue weighted by Gasteiger charge is -2.38. The number of piperazine rings is 1. The van der Waals surface area contributed by atoms with E-state index < -0.39 is 0 Å². The zero-order valence-corrected chi connectivity index (χ0v) is 16.9. The molecule has 1 N–H and O–H groups in total. The van der Waals surface area contributed by atoms with Crippen molar-refractivity contribution in [1.82, 2.24) is 4.90 Å². The highest BCUT2D eigenvalue weighted by Gasteiger charge is 2.21. The van der Waals surface area contributed by atoms with Crippen molar-refractivity contribution < 1.29 is 4.74 Å². The van der Waals surface area contributed by atoms with Crippen molar-refractivity contribution in [1.29, 1.82) is 0 Å². The van der Waals surface area contributed by atoms with Gasteiger partial charge in [0.1, 0.15) is 5.75 Å². The molecule has 2 aromatic rings. The van der Waals surface area contributed by atoms with Gasteiger partial charge in [0, 0.05) is 31.1 Å². The summed E-state index contributed by atoms with van der Waals surface area (Å²) >= 11 is 7.44. The normalized spacial score (nSPS) is 14.2. The van der Waals surface area contributed by atoms with Crippen molar-refractivity contribution in [3.63, 3.8) is 0 Å². The molecule has 3 rings (SSSR count). The Labute approximate surface area is 165 Å². The fourth-order valence-electron chi connectivity index (χ4n) is 3.09. The molecule has 1 aliphatic rings. The molecule has 0 saturated carbocycles. The van der Waals surface area contributed by atoms with Crippen molar-refractivity contribution in [2.45, 2.75) is 11.8 Å². The lowest BCUT2D eigenvalue weighted by molar-refractivity contribution is 0.341. The molecule has 2 aromatic carbocycles. The molecule has 6 heteroatoms.